The number of carbonyl (C=O) groups excluding carboxylic acids is 1. The van der Waals surface area contributed by atoms with E-state index < -0.39 is 0 Å². The largest absolute Gasteiger partial charge is 0.373 e. The number of amides is 1. The third-order valence-corrected chi connectivity index (χ3v) is 4.81. The van der Waals surface area contributed by atoms with E-state index in [2.05, 4.69) is 41.6 Å². The van der Waals surface area contributed by atoms with Crippen LogP contribution in [-0.2, 0) is 11.3 Å². The minimum absolute atomic E-state index is 0.0486. The predicted octanol–water partition coefficient (Wildman–Crippen LogP) is 3.42. The first kappa shape index (κ1) is 17.7. The van der Waals surface area contributed by atoms with Gasteiger partial charge in [-0.05, 0) is 45.2 Å². The van der Waals surface area contributed by atoms with Crippen LogP contribution in [0.15, 0.2) is 30.3 Å². The van der Waals surface area contributed by atoms with Crippen LogP contribution in [0.3, 0.4) is 0 Å². The summed E-state index contributed by atoms with van der Waals surface area (Å²) in [7, 11) is 0. The van der Waals surface area contributed by atoms with Crippen LogP contribution in [-0.4, -0.2) is 28.8 Å². The van der Waals surface area contributed by atoms with Crippen molar-refractivity contribution in [2.45, 2.75) is 46.3 Å². The zero-order valence-corrected chi connectivity index (χ0v) is 15.3. The van der Waals surface area contributed by atoms with E-state index in [0.29, 0.717) is 24.7 Å². The SMILES string of the molecule is CCn1nc(C)cc1C(=O)NC[C@H]1CCCO[C@@H]1c1ccc(C)cc1. The number of aromatic nitrogens is 2. The maximum atomic E-state index is 12.6. The van der Waals surface area contributed by atoms with Crippen molar-refractivity contribution in [2.24, 2.45) is 5.92 Å². The normalized spacial score (nSPS) is 20.4. The molecule has 134 valence electrons. The maximum absolute atomic E-state index is 12.6. The average molecular weight is 341 g/mol. The first-order valence-corrected chi connectivity index (χ1v) is 9.09. The molecule has 0 aliphatic carbocycles. The van der Waals surface area contributed by atoms with Crippen LogP contribution in [0.2, 0.25) is 0 Å². The van der Waals surface area contributed by atoms with Crippen molar-refractivity contribution in [1.82, 2.24) is 15.1 Å². The van der Waals surface area contributed by atoms with Gasteiger partial charge >= 0.3 is 0 Å². The van der Waals surface area contributed by atoms with Crippen molar-refractivity contribution >= 4 is 5.91 Å². The summed E-state index contributed by atoms with van der Waals surface area (Å²) in [5, 5.41) is 7.43. The molecule has 3 rings (SSSR count). The van der Waals surface area contributed by atoms with E-state index in [-0.39, 0.29) is 12.0 Å². The molecule has 0 saturated carbocycles. The molecule has 1 aromatic heterocycles. The Labute approximate surface area is 149 Å². The molecule has 2 atom stereocenters. The van der Waals surface area contributed by atoms with E-state index >= 15 is 0 Å². The van der Waals surface area contributed by atoms with Crippen molar-refractivity contribution in [1.29, 1.82) is 0 Å². The summed E-state index contributed by atoms with van der Waals surface area (Å²) in [6.45, 7) is 8.07. The predicted molar refractivity (Wildman–Crippen MR) is 97.6 cm³/mol. The molecule has 0 bridgehead atoms. The van der Waals surface area contributed by atoms with Gasteiger partial charge in [0.1, 0.15) is 5.69 Å². The second-order valence-electron chi connectivity index (χ2n) is 6.80. The third-order valence-electron chi connectivity index (χ3n) is 4.81. The Bertz CT molecular complexity index is 721. The lowest BCUT2D eigenvalue weighted by Gasteiger charge is -2.32. The molecule has 0 unspecified atom stereocenters. The van der Waals surface area contributed by atoms with E-state index in [4.69, 9.17) is 4.74 Å². The van der Waals surface area contributed by atoms with Gasteiger partial charge in [-0.1, -0.05) is 29.8 Å². The average Bonchev–Trinajstić information content (AvgIpc) is 3.02. The number of rotatable bonds is 5. The minimum Gasteiger partial charge on any atom is -0.373 e. The number of hydrogen-bond acceptors (Lipinski definition) is 3. The number of aryl methyl sites for hydroxylation is 3. The van der Waals surface area contributed by atoms with Gasteiger partial charge in [0.2, 0.25) is 0 Å². The molecule has 1 amide bonds. The summed E-state index contributed by atoms with van der Waals surface area (Å²) in [6.07, 6.45) is 2.15. The van der Waals surface area contributed by atoms with Crippen LogP contribution in [0, 0.1) is 19.8 Å². The van der Waals surface area contributed by atoms with Crippen molar-refractivity contribution in [2.75, 3.05) is 13.2 Å². The standard InChI is InChI=1S/C20H27N3O2/c1-4-23-18(12-15(3)22-23)20(24)21-13-17-6-5-11-25-19(17)16-9-7-14(2)8-10-16/h7-10,12,17,19H,4-6,11,13H2,1-3H3,(H,21,24)/t17-,19-/m1/s1. The Balaban J connectivity index is 1.67. The van der Waals surface area contributed by atoms with Gasteiger partial charge in [0.25, 0.3) is 5.91 Å². The van der Waals surface area contributed by atoms with E-state index in [1.54, 1.807) is 4.68 Å². The number of carbonyl (C=O) groups is 1. The molecule has 25 heavy (non-hydrogen) atoms. The number of ether oxygens (including phenoxy) is 1. The van der Waals surface area contributed by atoms with Gasteiger partial charge in [0, 0.05) is 25.6 Å². The molecule has 2 aromatic rings. The van der Waals surface area contributed by atoms with Gasteiger partial charge in [0.15, 0.2) is 0 Å². The van der Waals surface area contributed by atoms with Gasteiger partial charge in [-0.2, -0.15) is 5.10 Å². The van der Waals surface area contributed by atoms with Crippen LogP contribution < -0.4 is 5.32 Å². The highest BCUT2D eigenvalue weighted by molar-refractivity contribution is 5.92. The lowest BCUT2D eigenvalue weighted by molar-refractivity contribution is -0.0272. The monoisotopic (exact) mass is 341 g/mol. The zero-order chi connectivity index (χ0) is 17.8. The second-order valence-corrected chi connectivity index (χ2v) is 6.80. The van der Waals surface area contributed by atoms with Crippen molar-refractivity contribution in [3.05, 3.63) is 52.8 Å². The second kappa shape index (κ2) is 7.83. The topological polar surface area (TPSA) is 56.2 Å². The number of nitrogens with zero attached hydrogens (tertiary/aromatic N) is 2. The molecule has 2 heterocycles. The van der Waals surface area contributed by atoms with Crippen LogP contribution >= 0.6 is 0 Å². The fraction of sp³-hybridized carbons (Fsp3) is 0.500. The molecule has 0 spiro atoms. The van der Waals surface area contributed by atoms with E-state index in [9.17, 15) is 4.79 Å². The van der Waals surface area contributed by atoms with Crippen molar-refractivity contribution in [3.63, 3.8) is 0 Å². The van der Waals surface area contributed by atoms with Gasteiger partial charge in [-0.3, -0.25) is 9.48 Å². The maximum Gasteiger partial charge on any atom is 0.269 e. The molecule has 1 fully saturated rings. The van der Waals surface area contributed by atoms with Gasteiger partial charge in [-0.25, -0.2) is 0 Å². The third kappa shape index (κ3) is 4.10. The van der Waals surface area contributed by atoms with Crippen LogP contribution in [0.5, 0.6) is 0 Å². The summed E-state index contributed by atoms with van der Waals surface area (Å²) < 4.78 is 7.78. The zero-order valence-electron chi connectivity index (χ0n) is 15.3. The fourth-order valence-corrected chi connectivity index (χ4v) is 3.46. The highest BCUT2D eigenvalue weighted by atomic mass is 16.5. The quantitative estimate of drug-likeness (QED) is 0.906. The summed E-state index contributed by atoms with van der Waals surface area (Å²) >= 11 is 0. The van der Waals surface area contributed by atoms with Crippen LogP contribution in [0.25, 0.3) is 0 Å². The van der Waals surface area contributed by atoms with E-state index in [1.165, 1.54) is 11.1 Å². The van der Waals surface area contributed by atoms with E-state index in [0.717, 1.165) is 25.1 Å². The van der Waals surface area contributed by atoms with Crippen LogP contribution in [0.1, 0.15) is 53.2 Å². The van der Waals surface area contributed by atoms with Crippen molar-refractivity contribution in [3.8, 4) is 0 Å². The Morgan fingerprint density at radius 1 is 1.32 bits per heavy atom. The molecule has 5 nitrogen and oxygen atoms in total. The Hall–Kier alpha value is -2.14. The lowest BCUT2D eigenvalue weighted by Crippen LogP contribution is -2.36. The minimum atomic E-state index is -0.0596. The first-order valence-electron chi connectivity index (χ1n) is 9.09. The summed E-state index contributed by atoms with van der Waals surface area (Å²) in [5.74, 6) is 0.232. The van der Waals surface area contributed by atoms with Gasteiger partial charge in [0.05, 0.1) is 11.8 Å². The fourth-order valence-electron chi connectivity index (χ4n) is 3.46. The summed E-state index contributed by atoms with van der Waals surface area (Å²) in [5.41, 5.74) is 3.93. The molecule has 1 aliphatic heterocycles. The molecular weight excluding hydrogens is 314 g/mol. The molecule has 0 radical (unpaired) electrons. The van der Waals surface area contributed by atoms with Gasteiger partial charge in [-0.15, -0.1) is 0 Å². The van der Waals surface area contributed by atoms with Crippen molar-refractivity contribution < 1.29 is 9.53 Å². The lowest BCUT2D eigenvalue weighted by atomic mass is 9.89. The molecule has 1 N–H and O–H groups in total. The Morgan fingerprint density at radius 2 is 2.08 bits per heavy atom. The smallest absolute Gasteiger partial charge is 0.269 e. The molecule has 1 aliphatic rings. The number of nitrogens with one attached hydrogen (secondary N) is 1. The van der Waals surface area contributed by atoms with Crippen LogP contribution in [0.4, 0.5) is 0 Å². The van der Waals surface area contributed by atoms with E-state index in [1.807, 2.05) is 19.9 Å². The summed E-state index contributed by atoms with van der Waals surface area (Å²) in [6, 6.07) is 10.3. The summed E-state index contributed by atoms with van der Waals surface area (Å²) in [4.78, 5) is 12.6. The molecule has 1 saturated heterocycles. The Kier molecular flexibility index (Phi) is 5.53. The molecule has 5 heteroatoms. The molecular formula is C20H27N3O2. The molecule has 1 aromatic carbocycles. The Morgan fingerprint density at radius 3 is 2.80 bits per heavy atom. The van der Waals surface area contributed by atoms with Gasteiger partial charge < -0.3 is 10.1 Å². The highest BCUT2D eigenvalue weighted by Crippen LogP contribution is 2.33. The first-order chi connectivity index (χ1) is 12.1. The highest BCUT2D eigenvalue weighted by Gasteiger charge is 2.28. The number of benzene rings is 1. The number of hydrogen-bond donors (Lipinski definition) is 1.